The van der Waals surface area contributed by atoms with Crippen LogP contribution >= 0.6 is 0 Å². The number of aromatic amines is 1. The van der Waals surface area contributed by atoms with E-state index in [1.807, 2.05) is 6.07 Å². The first-order valence-corrected chi connectivity index (χ1v) is 8.13. The Hall–Kier alpha value is -1.87. The van der Waals surface area contributed by atoms with Crippen LogP contribution in [0.25, 0.3) is 10.9 Å². The number of rotatable bonds is 0. The molecule has 0 unspecified atom stereocenters. The second-order valence-corrected chi connectivity index (χ2v) is 6.78. The van der Waals surface area contributed by atoms with Crippen LogP contribution in [0.2, 0.25) is 0 Å². The predicted molar refractivity (Wildman–Crippen MR) is 89.2 cm³/mol. The molecule has 114 valence electrons. The number of fused-ring (bicyclic) bond motifs is 4. The monoisotopic (exact) mass is 294 g/mol. The number of piperidine rings is 1. The summed E-state index contributed by atoms with van der Waals surface area (Å²) in [4.78, 5) is 18.6. The molecule has 1 saturated heterocycles. The van der Waals surface area contributed by atoms with Crippen LogP contribution in [0.4, 0.5) is 0 Å². The molecule has 2 aliphatic rings. The molecule has 1 aliphatic carbocycles. The smallest absolute Gasteiger partial charge is 0.179 e. The molecule has 1 aromatic heterocycles. The van der Waals surface area contributed by atoms with Gasteiger partial charge in [0.15, 0.2) is 5.78 Å². The second kappa shape index (κ2) is 5.10. The maximum Gasteiger partial charge on any atom is 0.179 e. The van der Waals surface area contributed by atoms with E-state index < -0.39 is 0 Å². The van der Waals surface area contributed by atoms with Crippen molar-refractivity contribution < 1.29 is 4.79 Å². The van der Waals surface area contributed by atoms with Crippen LogP contribution in [0.15, 0.2) is 35.9 Å². The fourth-order valence-corrected chi connectivity index (χ4v) is 4.35. The van der Waals surface area contributed by atoms with Gasteiger partial charge in [0.25, 0.3) is 0 Å². The van der Waals surface area contributed by atoms with Gasteiger partial charge < -0.3 is 9.88 Å². The van der Waals surface area contributed by atoms with Gasteiger partial charge in [0.2, 0.25) is 0 Å². The quantitative estimate of drug-likeness (QED) is 0.756. The number of carbonyl (C=O) groups is 1. The third-order valence-electron chi connectivity index (χ3n) is 5.38. The molecule has 2 atom stereocenters. The van der Waals surface area contributed by atoms with Gasteiger partial charge in [0, 0.05) is 30.4 Å². The molecule has 2 heterocycles. The van der Waals surface area contributed by atoms with Crippen molar-refractivity contribution in [2.75, 3.05) is 20.1 Å². The second-order valence-electron chi connectivity index (χ2n) is 6.78. The minimum absolute atomic E-state index is 0.280. The summed E-state index contributed by atoms with van der Waals surface area (Å²) in [7, 11) is 2.18. The van der Waals surface area contributed by atoms with Gasteiger partial charge in [-0.25, -0.2) is 0 Å². The number of nitrogens with one attached hydrogen (secondary N) is 1. The Morgan fingerprint density at radius 2 is 2.09 bits per heavy atom. The van der Waals surface area contributed by atoms with Crippen LogP contribution in [0.1, 0.15) is 29.4 Å². The summed E-state index contributed by atoms with van der Waals surface area (Å²) in [6, 6.07) is 8.30. The van der Waals surface area contributed by atoms with E-state index in [4.69, 9.17) is 0 Å². The van der Waals surface area contributed by atoms with E-state index in [-0.39, 0.29) is 5.78 Å². The van der Waals surface area contributed by atoms with Gasteiger partial charge in [-0.05, 0) is 43.9 Å². The number of allylic oxidation sites excluding steroid dienone is 1. The Morgan fingerprint density at radius 3 is 2.91 bits per heavy atom. The maximum absolute atomic E-state index is 12.8. The molecule has 1 fully saturated rings. The Balaban J connectivity index is 1.83. The molecule has 4 rings (SSSR count). The highest BCUT2D eigenvalue weighted by Gasteiger charge is 2.37. The van der Waals surface area contributed by atoms with Crippen LogP contribution in [0, 0.1) is 11.8 Å². The zero-order valence-electron chi connectivity index (χ0n) is 13.2. The van der Waals surface area contributed by atoms with Crippen molar-refractivity contribution in [2.45, 2.75) is 19.8 Å². The fraction of sp³-hybridized carbons (Fsp3) is 0.421. The summed E-state index contributed by atoms with van der Waals surface area (Å²) in [6.07, 6.45) is 3.87. The Kier molecular flexibility index (Phi) is 3.19. The third kappa shape index (κ3) is 2.03. The summed E-state index contributed by atoms with van der Waals surface area (Å²) in [6.45, 7) is 4.18. The van der Waals surface area contributed by atoms with Crippen LogP contribution in [0.3, 0.4) is 0 Å². The lowest BCUT2D eigenvalue weighted by Crippen LogP contribution is -2.40. The van der Waals surface area contributed by atoms with Crippen molar-refractivity contribution >= 4 is 16.7 Å². The molecule has 0 saturated carbocycles. The lowest BCUT2D eigenvalue weighted by atomic mass is 9.78. The molecule has 3 heteroatoms. The number of ketones is 1. The van der Waals surface area contributed by atoms with E-state index in [1.54, 1.807) is 0 Å². The van der Waals surface area contributed by atoms with Gasteiger partial charge in [-0.1, -0.05) is 29.8 Å². The molecule has 3 nitrogen and oxygen atoms in total. The van der Waals surface area contributed by atoms with Crippen molar-refractivity contribution in [1.82, 2.24) is 9.88 Å². The molecule has 1 aliphatic heterocycles. The van der Waals surface area contributed by atoms with Gasteiger partial charge >= 0.3 is 0 Å². The van der Waals surface area contributed by atoms with Crippen LogP contribution in [-0.2, 0) is 6.42 Å². The lowest BCUT2D eigenvalue weighted by Gasteiger charge is -2.38. The van der Waals surface area contributed by atoms with Crippen molar-refractivity contribution in [3.05, 3.63) is 47.2 Å². The van der Waals surface area contributed by atoms with Crippen molar-refractivity contribution in [2.24, 2.45) is 11.8 Å². The molecule has 0 amide bonds. The molecule has 2 aromatic rings. The topological polar surface area (TPSA) is 36.1 Å². The molecular formula is C19H22N2O. The summed E-state index contributed by atoms with van der Waals surface area (Å²) in [5.74, 6) is 1.23. The lowest BCUT2D eigenvalue weighted by molar-refractivity contribution is 0.0936. The van der Waals surface area contributed by atoms with Crippen LogP contribution in [0.5, 0.6) is 0 Å². The van der Waals surface area contributed by atoms with Gasteiger partial charge in [-0.2, -0.15) is 0 Å². The average Bonchev–Trinajstić information content (AvgIpc) is 2.82. The summed E-state index contributed by atoms with van der Waals surface area (Å²) in [5, 5.41) is 1.22. The number of hydrogen-bond donors (Lipinski definition) is 1. The number of hydrogen-bond acceptors (Lipinski definition) is 2. The minimum atomic E-state index is 0.280. The van der Waals surface area contributed by atoms with E-state index in [1.165, 1.54) is 16.5 Å². The van der Waals surface area contributed by atoms with E-state index in [0.717, 1.165) is 30.7 Å². The summed E-state index contributed by atoms with van der Waals surface area (Å²) < 4.78 is 0. The third-order valence-corrected chi connectivity index (χ3v) is 5.38. The predicted octanol–water partition coefficient (Wildman–Crippen LogP) is 3.42. The van der Waals surface area contributed by atoms with Crippen LogP contribution in [-0.4, -0.2) is 35.8 Å². The highest BCUT2D eigenvalue weighted by molar-refractivity contribution is 6.03. The zero-order chi connectivity index (χ0) is 15.3. The first-order valence-electron chi connectivity index (χ1n) is 8.13. The van der Waals surface area contributed by atoms with Crippen molar-refractivity contribution in [3.63, 3.8) is 0 Å². The van der Waals surface area contributed by atoms with Crippen molar-refractivity contribution in [3.8, 4) is 0 Å². The number of aromatic nitrogens is 1. The number of likely N-dealkylation sites (N-methyl/N-ethyl adjacent to an activating group) is 1. The zero-order valence-corrected chi connectivity index (χ0v) is 13.2. The summed E-state index contributed by atoms with van der Waals surface area (Å²) in [5.41, 5.74) is 4.61. The van der Waals surface area contributed by atoms with Gasteiger partial charge in [0.1, 0.15) is 0 Å². The first-order chi connectivity index (χ1) is 10.7. The number of likely N-dealkylation sites (tertiary alicyclic amines) is 1. The Labute approximate surface area is 131 Å². The Morgan fingerprint density at radius 1 is 1.27 bits per heavy atom. The molecule has 0 radical (unpaired) electrons. The van der Waals surface area contributed by atoms with E-state index in [9.17, 15) is 4.79 Å². The fourth-order valence-electron chi connectivity index (χ4n) is 4.35. The van der Waals surface area contributed by atoms with E-state index in [2.05, 4.69) is 48.1 Å². The number of carbonyl (C=O) groups excluding carboxylic acids is 1. The van der Waals surface area contributed by atoms with Crippen molar-refractivity contribution in [1.29, 1.82) is 0 Å². The average molecular weight is 294 g/mol. The maximum atomic E-state index is 12.8. The highest BCUT2D eigenvalue weighted by atomic mass is 16.1. The Bertz CT molecular complexity index is 771. The van der Waals surface area contributed by atoms with Crippen LogP contribution < -0.4 is 0 Å². The molecule has 22 heavy (non-hydrogen) atoms. The first kappa shape index (κ1) is 13.8. The number of Topliss-reactive ketones (excluding diaryl/α,β-unsaturated/α-hetero) is 1. The molecule has 1 N–H and O–H groups in total. The highest BCUT2D eigenvalue weighted by Crippen LogP contribution is 2.39. The van der Waals surface area contributed by atoms with E-state index >= 15 is 0 Å². The number of nitrogens with zero attached hydrogens (tertiary/aromatic N) is 1. The number of benzene rings is 1. The molecule has 1 aromatic carbocycles. The standard InChI is InChI=1S/C19H22N2O/c1-3-12-10-21(2)11-13-8-16-14-6-4-5-7-17(14)20-19(16)18(22)9-15(12)13/h3-7,13,15,20H,8-11H2,1-2H3/b12-3-/t13-,15-/m0/s1. The van der Waals surface area contributed by atoms with E-state index in [0.29, 0.717) is 18.3 Å². The minimum Gasteiger partial charge on any atom is -0.352 e. The molecule has 0 bridgehead atoms. The number of H-pyrrole nitrogens is 1. The molecular weight excluding hydrogens is 272 g/mol. The normalized spacial score (nSPS) is 27.7. The SMILES string of the molecule is C/C=C1/CN(C)C[C@@H]2Cc3c([nH]c4ccccc34)C(=O)C[C@@H]12. The molecule has 0 spiro atoms. The summed E-state index contributed by atoms with van der Waals surface area (Å²) >= 11 is 0. The van der Waals surface area contributed by atoms with Gasteiger partial charge in [0.05, 0.1) is 5.69 Å². The van der Waals surface area contributed by atoms with Gasteiger partial charge in [-0.15, -0.1) is 0 Å². The number of para-hydroxylation sites is 1. The van der Waals surface area contributed by atoms with Gasteiger partial charge in [-0.3, -0.25) is 4.79 Å². The largest absolute Gasteiger partial charge is 0.352 e.